The van der Waals surface area contributed by atoms with Gasteiger partial charge in [0.05, 0.1) is 7.11 Å². The van der Waals surface area contributed by atoms with Crippen molar-refractivity contribution in [2.24, 2.45) is 0 Å². The summed E-state index contributed by atoms with van der Waals surface area (Å²) in [6.45, 7) is 0. The van der Waals surface area contributed by atoms with Gasteiger partial charge in [0.1, 0.15) is 4.49 Å². The predicted octanol–water partition coefficient (Wildman–Crippen LogP) is 3.04. The molecule has 0 saturated carbocycles. The number of ether oxygens (including phenoxy) is 1. The maximum atomic E-state index is 10.6. The van der Waals surface area contributed by atoms with E-state index >= 15 is 0 Å². The summed E-state index contributed by atoms with van der Waals surface area (Å²) in [6.07, 6.45) is 4.70. The molecule has 0 radical (unpaired) electrons. The van der Waals surface area contributed by atoms with E-state index in [1.807, 2.05) is 0 Å². The van der Waals surface area contributed by atoms with Crippen LogP contribution in [0.25, 0.3) is 0 Å². The second-order valence-corrected chi connectivity index (χ2v) is 3.32. The highest BCUT2D eigenvalue weighted by Gasteiger charge is 1.97. The fraction of sp³-hybridized carbons (Fsp3) is 0.625. The summed E-state index contributed by atoms with van der Waals surface area (Å²) >= 11 is 10.8. The first kappa shape index (κ1) is 11.8. The van der Waals surface area contributed by atoms with Crippen molar-refractivity contribution in [2.75, 3.05) is 7.11 Å². The van der Waals surface area contributed by atoms with Gasteiger partial charge >= 0.3 is 5.97 Å². The molecule has 0 spiro atoms. The summed E-state index contributed by atoms with van der Waals surface area (Å²) in [5.41, 5.74) is 0. The van der Waals surface area contributed by atoms with Gasteiger partial charge in [0.25, 0.3) is 0 Å². The lowest BCUT2D eigenvalue weighted by Gasteiger charge is -1.96. The van der Waals surface area contributed by atoms with E-state index in [4.69, 9.17) is 23.2 Å². The molecule has 0 saturated heterocycles. The Hall–Kier alpha value is -0.210. The average Bonchev–Trinajstić information content (AvgIpc) is 2.03. The van der Waals surface area contributed by atoms with Gasteiger partial charge in [0.15, 0.2) is 0 Å². The number of hydrogen-bond acceptors (Lipinski definition) is 2. The van der Waals surface area contributed by atoms with Gasteiger partial charge in [0.2, 0.25) is 0 Å². The van der Waals surface area contributed by atoms with E-state index in [0.717, 1.165) is 19.3 Å². The summed E-state index contributed by atoms with van der Waals surface area (Å²) in [5, 5.41) is 0. The van der Waals surface area contributed by atoms with Crippen LogP contribution in [0.3, 0.4) is 0 Å². The fourth-order valence-electron chi connectivity index (χ4n) is 0.727. The van der Waals surface area contributed by atoms with Crippen molar-refractivity contribution < 1.29 is 9.53 Å². The molecule has 0 fully saturated rings. The molecule has 2 nitrogen and oxygen atoms in total. The van der Waals surface area contributed by atoms with Gasteiger partial charge in [-0.15, -0.1) is 0 Å². The zero-order valence-corrected chi connectivity index (χ0v) is 8.49. The van der Waals surface area contributed by atoms with Gasteiger partial charge in [-0.05, 0) is 19.3 Å². The molecule has 12 heavy (non-hydrogen) atoms. The Labute approximate surface area is 82.5 Å². The van der Waals surface area contributed by atoms with Gasteiger partial charge in [-0.2, -0.15) is 0 Å². The molecule has 0 heterocycles. The van der Waals surface area contributed by atoms with E-state index in [1.54, 1.807) is 6.08 Å². The average molecular weight is 211 g/mol. The highest BCUT2D eigenvalue weighted by Crippen LogP contribution is 2.10. The van der Waals surface area contributed by atoms with Crippen LogP contribution in [-0.2, 0) is 9.53 Å². The number of carbonyl (C=O) groups excluding carboxylic acids is 1. The van der Waals surface area contributed by atoms with Gasteiger partial charge in [-0.25, -0.2) is 0 Å². The summed E-state index contributed by atoms with van der Waals surface area (Å²) < 4.78 is 4.76. The third-order valence-corrected chi connectivity index (χ3v) is 1.67. The summed E-state index contributed by atoms with van der Waals surface area (Å²) in [4.78, 5) is 10.6. The molecule has 0 rings (SSSR count). The highest BCUT2D eigenvalue weighted by atomic mass is 35.5. The second-order valence-electron chi connectivity index (χ2n) is 2.32. The minimum Gasteiger partial charge on any atom is -0.469 e. The van der Waals surface area contributed by atoms with E-state index in [1.165, 1.54) is 7.11 Å². The molecule has 0 unspecified atom stereocenters. The maximum Gasteiger partial charge on any atom is 0.305 e. The third kappa shape index (κ3) is 7.89. The molecule has 0 bridgehead atoms. The van der Waals surface area contributed by atoms with Crippen molar-refractivity contribution in [3.63, 3.8) is 0 Å². The molecular weight excluding hydrogens is 199 g/mol. The maximum absolute atomic E-state index is 10.6. The molecule has 0 aliphatic rings. The van der Waals surface area contributed by atoms with Gasteiger partial charge in [0, 0.05) is 6.42 Å². The van der Waals surface area contributed by atoms with Crippen molar-refractivity contribution in [1.29, 1.82) is 0 Å². The molecule has 0 atom stereocenters. The molecule has 70 valence electrons. The first-order valence-electron chi connectivity index (χ1n) is 3.74. The number of rotatable bonds is 5. The quantitative estimate of drug-likeness (QED) is 0.516. The number of esters is 1. The van der Waals surface area contributed by atoms with Gasteiger partial charge < -0.3 is 4.74 Å². The number of allylic oxidation sites excluding steroid dienone is 1. The zero-order chi connectivity index (χ0) is 9.40. The van der Waals surface area contributed by atoms with Crippen LogP contribution in [0.4, 0.5) is 0 Å². The monoisotopic (exact) mass is 210 g/mol. The van der Waals surface area contributed by atoms with Crippen molar-refractivity contribution in [3.8, 4) is 0 Å². The minimum absolute atomic E-state index is 0.170. The summed E-state index contributed by atoms with van der Waals surface area (Å²) in [6, 6.07) is 0. The second kappa shape index (κ2) is 7.44. The smallest absolute Gasteiger partial charge is 0.305 e. The number of hydrogen-bond donors (Lipinski definition) is 0. The molecule has 0 N–H and O–H groups in total. The van der Waals surface area contributed by atoms with Gasteiger partial charge in [-0.1, -0.05) is 29.3 Å². The molecule has 4 heteroatoms. The standard InChI is InChI=1S/C8H12Cl2O2/c1-12-8(11)6-4-2-3-5-7(9)10/h5H,2-4,6H2,1H3. The molecule has 0 aliphatic heterocycles. The van der Waals surface area contributed by atoms with Crippen LogP contribution in [-0.4, -0.2) is 13.1 Å². The SMILES string of the molecule is COC(=O)CCCCC=C(Cl)Cl. The number of unbranched alkanes of at least 4 members (excludes halogenated alkanes) is 2. The first-order valence-corrected chi connectivity index (χ1v) is 4.50. The Balaban J connectivity index is 3.22. The Morgan fingerprint density at radius 3 is 2.58 bits per heavy atom. The predicted molar refractivity (Wildman–Crippen MR) is 50.3 cm³/mol. The number of halogens is 2. The summed E-state index contributed by atoms with van der Waals surface area (Å²) in [5.74, 6) is -0.170. The Bertz CT molecular complexity index is 162. The van der Waals surface area contributed by atoms with E-state index in [2.05, 4.69) is 4.74 Å². The molecule has 0 aromatic carbocycles. The van der Waals surface area contributed by atoms with Crippen LogP contribution >= 0.6 is 23.2 Å². The first-order chi connectivity index (χ1) is 5.66. The molecule has 0 aliphatic carbocycles. The Morgan fingerprint density at radius 1 is 1.42 bits per heavy atom. The lowest BCUT2D eigenvalue weighted by molar-refractivity contribution is -0.140. The topological polar surface area (TPSA) is 26.3 Å². The van der Waals surface area contributed by atoms with Crippen LogP contribution in [0, 0.1) is 0 Å². The van der Waals surface area contributed by atoms with Crippen LogP contribution < -0.4 is 0 Å². The number of methoxy groups -OCH3 is 1. The molecule has 0 aromatic rings. The fourth-order valence-corrected chi connectivity index (χ4v) is 0.945. The van der Waals surface area contributed by atoms with E-state index in [-0.39, 0.29) is 10.5 Å². The van der Waals surface area contributed by atoms with Crippen LogP contribution in [0.2, 0.25) is 0 Å². The van der Waals surface area contributed by atoms with Gasteiger partial charge in [-0.3, -0.25) is 4.79 Å². The third-order valence-electron chi connectivity index (χ3n) is 1.36. The van der Waals surface area contributed by atoms with Crippen molar-refractivity contribution in [3.05, 3.63) is 10.6 Å². The van der Waals surface area contributed by atoms with Crippen LogP contribution in [0.15, 0.2) is 10.6 Å². The van der Waals surface area contributed by atoms with Crippen LogP contribution in [0.1, 0.15) is 25.7 Å². The lowest BCUT2D eigenvalue weighted by Crippen LogP contribution is -1.98. The highest BCUT2D eigenvalue weighted by molar-refractivity contribution is 6.55. The number of carbonyl (C=O) groups is 1. The minimum atomic E-state index is -0.170. The Morgan fingerprint density at radius 2 is 2.08 bits per heavy atom. The van der Waals surface area contributed by atoms with E-state index < -0.39 is 0 Å². The zero-order valence-electron chi connectivity index (χ0n) is 6.98. The van der Waals surface area contributed by atoms with Crippen LogP contribution in [0.5, 0.6) is 0 Å². The normalized spacial score (nSPS) is 9.25. The van der Waals surface area contributed by atoms with Crippen molar-refractivity contribution in [1.82, 2.24) is 0 Å². The lowest BCUT2D eigenvalue weighted by atomic mass is 10.2. The molecule has 0 amide bonds. The Kier molecular flexibility index (Phi) is 7.31. The molecular formula is C8H12Cl2O2. The largest absolute Gasteiger partial charge is 0.469 e. The molecule has 0 aromatic heterocycles. The van der Waals surface area contributed by atoms with E-state index in [9.17, 15) is 4.79 Å². The van der Waals surface area contributed by atoms with Crippen molar-refractivity contribution >= 4 is 29.2 Å². The van der Waals surface area contributed by atoms with Crippen molar-refractivity contribution in [2.45, 2.75) is 25.7 Å². The van der Waals surface area contributed by atoms with E-state index in [0.29, 0.717) is 6.42 Å². The summed E-state index contributed by atoms with van der Waals surface area (Å²) in [7, 11) is 1.39.